The molecule has 1 amide bonds. The van der Waals surface area contributed by atoms with Gasteiger partial charge in [-0.15, -0.1) is 18.3 Å². The van der Waals surface area contributed by atoms with Crippen LogP contribution in [0, 0.1) is 17.8 Å². The largest absolute Gasteiger partial charge is 0.460 e. The Morgan fingerprint density at radius 2 is 1.75 bits per heavy atom. The van der Waals surface area contributed by atoms with Crippen LogP contribution in [0.5, 0.6) is 11.5 Å². The van der Waals surface area contributed by atoms with E-state index in [2.05, 4.69) is 30.1 Å². The molecule has 7 unspecified atom stereocenters. The molecule has 2 aliphatic carbocycles. The lowest BCUT2D eigenvalue weighted by atomic mass is 9.56. The first-order valence-electron chi connectivity index (χ1n) is 20.6. The Balaban J connectivity index is 1.34. The number of carbonyl (C=O) groups excluding carboxylic acids is 1. The van der Waals surface area contributed by atoms with Crippen LogP contribution in [-0.4, -0.2) is 65.8 Å². The maximum atomic E-state index is 13.2. The molecule has 3 aromatic rings. The van der Waals surface area contributed by atoms with Crippen LogP contribution in [0.25, 0.3) is 0 Å². The van der Waals surface area contributed by atoms with Gasteiger partial charge in [-0.05, 0) is 91.8 Å². The smallest absolute Gasteiger partial charge is 0.412 e. The molecule has 3 N–H and O–H groups in total. The van der Waals surface area contributed by atoms with Gasteiger partial charge < -0.3 is 39.3 Å². The standard InChI is InChI=1S/C46H56N2O8S/c1-2-26-53-46-41(57-35-18-7-4-8-19-35)30-39(48-56-42-21-11-14-27-52-42)37-28-33(17-9-12-24-49)36(20-10-13-25-50)43(44(37)46)38-29-34(22-23-40(38)55-46)54-45(51)47-31-32-15-5-3-6-16-32/h2-8,15-16,18-19,22-23,28-29,33,36,41-44,49-50H,1,9-14,17,20-21,24-27,30-31H2,(H,47,51). The van der Waals surface area contributed by atoms with Crippen LogP contribution >= 0.6 is 11.8 Å². The van der Waals surface area contributed by atoms with Gasteiger partial charge >= 0.3 is 6.09 Å². The lowest BCUT2D eigenvalue weighted by Crippen LogP contribution is -2.64. The minimum absolute atomic E-state index is 0.116. The number of unbranched alkanes of at least 4 members (excludes halogenated alkanes) is 2. The minimum Gasteiger partial charge on any atom is -0.460 e. The second-order valence-electron chi connectivity index (χ2n) is 15.3. The van der Waals surface area contributed by atoms with Gasteiger partial charge in [0.2, 0.25) is 12.1 Å². The van der Waals surface area contributed by atoms with Crippen LogP contribution in [0.3, 0.4) is 0 Å². The van der Waals surface area contributed by atoms with Gasteiger partial charge in [0.1, 0.15) is 11.5 Å². The van der Waals surface area contributed by atoms with Gasteiger partial charge in [-0.25, -0.2) is 4.79 Å². The highest BCUT2D eigenvalue weighted by Gasteiger charge is 2.64. The summed E-state index contributed by atoms with van der Waals surface area (Å²) in [7, 11) is 0. The van der Waals surface area contributed by atoms with E-state index in [9.17, 15) is 15.0 Å². The minimum atomic E-state index is -1.13. The number of rotatable bonds is 18. The number of hydrogen-bond acceptors (Lipinski definition) is 10. The number of hydrogen-bond donors (Lipinski definition) is 3. The van der Waals surface area contributed by atoms with Gasteiger partial charge in [-0.2, -0.15) is 0 Å². The van der Waals surface area contributed by atoms with Crippen LogP contribution in [-0.2, 0) is 20.9 Å². The van der Waals surface area contributed by atoms with Gasteiger partial charge in [0.15, 0.2) is 0 Å². The summed E-state index contributed by atoms with van der Waals surface area (Å²) >= 11 is 1.72. The molecular weight excluding hydrogens is 741 g/mol. The number of allylic oxidation sites excluding steroid dienone is 1. The first-order chi connectivity index (χ1) is 28.0. The van der Waals surface area contributed by atoms with E-state index in [1.54, 1.807) is 23.9 Å². The number of aliphatic hydroxyl groups excluding tert-OH is 2. The fourth-order valence-corrected chi connectivity index (χ4v) is 10.3. The molecule has 57 heavy (non-hydrogen) atoms. The monoisotopic (exact) mass is 796 g/mol. The van der Waals surface area contributed by atoms with Crippen molar-refractivity contribution in [1.82, 2.24) is 5.32 Å². The Morgan fingerprint density at radius 1 is 0.982 bits per heavy atom. The predicted molar refractivity (Wildman–Crippen MR) is 221 cm³/mol. The zero-order valence-corrected chi connectivity index (χ0v) is 33.5. The number of benzene rings is 3. The number of amides is 1. The number of thioether (sulfide) groups is 1. The van der Waals surface area contributed by atoms with Gasteiger partial charge in [-0.3, -0.25) is 0 Å². The predicted octanol–water partition coefficient (Wildman–Crippen LogP) is 8.93. The maximum Gasteiger partial charge on any atom is 0.412 e. The third-order valence-electron chi connectivity index (χ3n) is 11.6. The summed E-state index contributed by atoms with van der Waals surface area (Å²) in [5.74, 6) is -0.229. The van der Waals surface area contributed by atoms with E-state index in [0.717, 1.165) is 72.3 Å². The Hall–Kier alpha value is -4.13. The lowest BCUT2D eigenvalue weighted by molar-refractivity contribution is -0.223. The van der Waals surface area contributed by atoms with E-state index in [0.29, 0.717) is 43.9 Å². The van der Waals surface area contributed by atoms with Crippen molar-refractivity contribution in [3.05, 3.63) is 114 Å². The van der Waals surface area contributed by atoms with E-state index >= 15 is 0 Å². The van der Waals surface area contributed by atoms with Crippen LogP contribution in [0.1, 0.15) is 81.3 Å². The fraction of sp³-hybridized carbons (Fsp3) is 0.478. The van der Waals surface area contributed by atoms with Crippen molar-refractivity contribution >= 4 is 23.6 Å². The van der Waals surface area contributed by atoms with Crippen LogP contribution in [0.4, 0.5) is 4.79 Å². The summed E-state index contributed by atoms with van der Waals surface area (Å²) in [6.45, 7) is 5.55. The number of fused-ring (bicyclic) bond motifs is 2. The number of nitrogens with zero attached hydrogens (tertiary/aromatic N) is 1. The normalized spacial score (nSPS) is 27.0. The molecule has 304 valence electrons. The molecule has 4 aliphatic rings. The molecule has 0 radical (unpaired) electrons. The molecule has 7 atom stereocenters. The summed E-state index contributed by atoms with van der Waals surface area (Å²) in [4.78, 5) is 20.5. The molecule has 1 saturated carbocycles. The van der Waals surface area contributed by atoms with Crippen molar-refractivity contribution in [2.24, 2.45) is 22.9 Å². The van der Waals surface area contributed by atoms with E-state index in [1.165, 1.54) is 0 Å². The van der Waals surface area contributed by atoms with Crippen molar-refractivity contribution in [2.75, 3.05) is 26.4 Å². The quantitative estimate of drug-likeness (QED) is 0.0657. The van der Waals surface area contributed by atoms with E-state index in [-0.39, 0.29) is 48.7 Å². The summed E-state index contributed by atoms with van der Waals surface area (Å²) in [6.07, 6.45) is 11.4. The van der Waals surface area contributed by atoms with Crippen LogP contribution < -0.4 is 14.8 Å². The molecule has 1 saturated heterocycles. The molecule has 0 aromatic heterocycles. The van der Waals surface area contributed by atoms with Crippen molar-refractivity contribution in [3.8, 4) is 11.5 Å². The molecule has 0 spiro atoms. The first kappa shape index (κ1) is 41.0. The van der Waals surface area contributed by atoms with Crippen molar-refractivity contribution in [3.63, 3.8) is 0 Å². The lowest BCUT2D eigenvalue weighted by Gasteiger charge is -2.58. The molecule has 2 fully saturated rings. The zero-order chi connectivity index (χ0) is 39.5. The Bertz CT molecular complexity index is 1830. The molecule has 0 bridgehead atoms. The Labute approximate surface area is 340 Å². The van der Waals surface area contributed by atoms with E-state index < -0.39 is 18.2 Å². The second-order valence-corrected chi connectivity index (χ2v) is 16.6. The van der Waals surface area contributed by atoms with Gasteiger partial charge in [0.05, 0.1) is 30.1 Å². The van der Waals surface area contributed by atoms with Crippen molar-refractivity contribution in [2.45, 2.75) is 98.9 Å². The summed E-state index contributed by atoms with van der Waals surface area (Å²) in [5.41, 5.74) is 3.81. The van der Waals surface area contributed by atoms with Crippen LogP contribution in [0.15, 0.2) is 113 Å². The average Bonchev–Trinajstić information content (AvgIpc) is 3.24. The van der Waals surface area contributed by atoms with E-state index in [4.69, 9.17) is 28.9 Å². The molecule has 11 heteroatoms. The number of ether oxygens (including phenoxy) is 4. The van der Waals surface area contributed by atoms with Gasteiger partial charge in [-0.1, -0.05) is 78.7 Å². The van der Waals surface area contributed by atoms with E-state index in [1.807, 2.05) is 60.7 Å². The summed E-state index contributed by atoms with van der Waals surface area (Å²) < 4.78 is 26.2. The molecular formula is C46H56N2O8S. The maximum absolute atomic E-state index is 13.2. The second kappa shape index (κ2) is 20.0. The average molecular weight is 797 g/mol. The Morgan fingerprint density at radius 3 is 2.49 bits per heavy atom. The third kappa shape index (κ3) is 9.78. The van der Waals surface area contributed by atoms with Crippen LogP contribution in [0.2, 0.25) is 0 Å². The van der Waals surface area contributed by atoms with Crippen molar-refractivity contribution in [1.29, 1.82) is 0 Å². The third-order valence-corrected chi connectivity index (χ3v) is 12.9. The molecule has 2 aliphatic heterocycles. The topological polar surface area (TPSA) is 128 Å². The first-order valence-corrected chi connectivity index (χ1v) is 21.5. The summed E-state index contributed by atoms with van der Waals surface area (Å²) in [6, 6.07) is 25.7. The van der Waals surface area contributed by atoms with Gasteiger partial charge in [0.25, 0.3) is 0 Å². The fourth-order valence-electron chi connectivity index (χ4n) is 8.98. The molecule has 10 nitrogen and oxygen atoms in total. The number of oxime groups is 1. The zero-order valence-electron chi connectivity index (χ0n) is 32.6. The number of nitrogens with one attached hydrogen (secondary N) is 1. The van der Waals surface area contributed by atoms with Crippen molar-refractivity contribution < 1.29 is 38.8 Å². The molecule has 7 rings (SSSR count). The van der Waals surface area contributed by atoms with Gasteiger partial charge in [0, 0.05) is 49.0 Å². The summed E-state index contributed by atoms with van der Waals surface area (Å²) in [5, 5.41) is 27.3. The Kier molecular flexibility index (Phi) is 14.4. The molecule has 2 heterocycles. The highest BCUT2D eigenvalue weighted by molar-refractivity contribution is 8.00. The number of carbonyl (C=O) groups is 1. The molecule has 3 aromatic carbocycles. The highest BCUT2D eigenvalue weighted by atomic mass is 32.2. The highest BCUT2D eigenvalue weighted by Crippen LogP contribution is 2.63. The number of aliphatic hydroxyl groups is 2. The SMILES string of the molecule is C=CCOC12Oc3ccc(OC(=O)NCc4ccccc4)cc3C3C(CCCCO)C(CCCCO)C=C(C(=NOC4CCCCO4)CC1Sc1ccccc1)C32.